The van der Waals surface area contributed by atoms with Gasteiger partial charge in [-0.3, -0.25) is 0 Å². The first-order valence-corrected chi connectivity index (χ1v) is 22.3. The molecule has 4 aromatic rings. The number of primary sulfonamides is 1. The number of nitrogens with two attached hydrogens (primary N) is 1. The molecule has 0 heterocycles. The van der Waals surface area contributed by atoms with Crippen LogP contribution >= 0.6 is 11.8 Å². The summed E-state index contributed by atoms with van der Waals surface area (Å²) in [5.74, 6) is 0.375. The number of benzene rings is 4. The van der Waals surface area contributed by atoms with Crippen molar-refractivity contribution in [1.82, 2.24) is 4.90 Å². The lowest BCUT2D eigenvalue weighted by Crippen LogP contribution is -2.65. The van der Waals surface area contributed by atoms with Gasteiger partial charge in [-0.25, -0.2) is 22.0 Å². The number of nitrogens with one attached hydrogen (secondary N) is 1. The smallest absolute Gasteiger partial charge is 0.424 e. The van der Waals surface area contributed by atoms with Gasteiger partial charge in [-0.1, -0.05) is 92.7 Å². The van der Waals surface area contributed by atoms with Crippen LogP contribution in [0, 0.1) is 0 Å². The molecule has 276 valence electrons. The lowest BCUT2D eigenvalue weighted by atomic mass is 10.1. The number of nitrogens with zero attached hydrogens (tertiary/aromatic N) is 1. The van der Waals surface area contributed by atoms with Crippen LogP contribution in [0.1, 0.15) is 33.1 Å². The van der Waals surface area contributed by atoms with Crippen LogP contribution in [0.15, 0.2) is 124 Å². The standard InChI is InChI=1S/C36H44F3N3O5S3Si/c1-35(2,51(47,31-16-9-5-10-17-31)32-18-11-6-12-19-32)23-13-24-42(3)25-22-28(27-48-29-14-7-4-8-15-29)41-33-21-20-30(50(40,45)46)26-34(33)49(43,44)36(37,38)39/h4-12,14-21,26,28,41,47H,13,22-25,27H2,1-3H3,(H2,40,45,46)/t28-/m1/s1. The number of alkyl halides is 3. The summed E-state index contributed by atoms with van der Waals surface area (Å²) in [6.07, 6.45) is 1.91. The van der Waals surface area contributed by atoms with E-state index in [-0.39, 0.29) is 5.69 Å². The number of halogens is 3. The molecule has 0 aliphatic heterocycles. The zero-order chi connectivity index (χ0) is 37.5. The van der Waals surface area contributed by atoms with Crippen LogP contribution < -0.4 is 20.8 Å². The van der Waals surface area contributed by atoms with Crippen LogP contribution in [0.25, 0.3) is 0 Å². The van der Waals surface area contributed by atoms with Crippen LogP contribution in [0.2, 0.25) is 5.04 Å². The number of sulfone groups is 1. The lowest BCUT2D eigenvalue weighted by molar-refractivity contribution is -0.0435. The van der Waals surface area contributed by atoms with Crippen LogP contribution in [-0.2, 0) is 19.9 Å². The highest BCUT2D eigenvalue weighted by molar-refractivity contribution is 7.99. The summed E-state index contributed by atoms with van der Waals surface area (Å²) in [4.78, 5) is 13.5. The molecule has 51 heavy (non-hydrogen) atoms. The molecule has 8 nitrogen and oxygen atoms in total. The third kappa shape index (κ3) is 10.0. The molecule has 0 amide bonds. The van der Waals surface area contributed by atoms with Crippen molar-refractivity contribution < 1.29 is 34.8 Å². The Kier molecular flexibility index (Phi) is 13.3. The molecule has 1 atom stereocenters. The van der Waals surface area contributed by atoms with Gasteiger partial charge >= 0.3 is 5.51 Å². The minimum Gasteiger partial charge on any atom is -0.424 e. The zero-order valence-electron chi connectivity index (χ0n) is 28.7. The Morgan fingerprint density at radius 1 is 0.843 bits per heavy atom. The van der Waals surface area contributed by atoms with E-state index in [1.165, 1.54) is 11.8 Å². The summed E-state index contributed by atoms with van der Waals surface area (Å²) in [7, 11) is -11.7. The molecule has 0 aliphatic carbocycles. The molecule has 0 saturated carbocycles. The Hall–Kier alpha value is -3.18. The van der Waals surface area contributed by atoms with Crippen molar-refractivity contribution >= 4 is 56.0 Å². The highest BCUT2D eigenvalue weighted by Gasteiger charge is 2.50. The number of hydrogen-bond donors (Lipinski definition) is 3. The predicted molar refractivity (Wildman–Crippen MR) is 201 cm³/mol. The molecule has 0 aromatic heterocycles. The maximum Gasteiger partial charge on any atom is 0.501 e. The number of rotatable bonds is 17. The van der Waals surface area contributed by atoms with Gasteiger partial charge in [0.25, 0.3) is 18.2 Å². The van der Waals surface area contributed by atoms with Gasteiger partial charge in [0, 0.05) is 16.7 Å². The molecular formula is C36H44F3N3O5S3Si. The van der Waals surface area contributed by atoms with Gasteiger partial charge in [0.1, 0.15) is 4.90 Å². The van der Waals surface area contributed by atoms with Crippen molar-refractivity contribution in [1.29, 1.82) is 0 Å². The van der Waals surface area contributed by atoms with Crippen LogP contribution in [0.4, 0.5) is 18.9 Å². The summed E-state index contributed by atoms with van der Waals surface area (Å²) < 4.78 is 90.3. The Bertz CT molecular complexity index is 1910. The zero-order valence-corrected chi connectivity index (χ0v) is 32.1. The van der Waals surface area contributed by atoms with Gasteiger partial charge in [0.05, 0.1) is 10.6 Å². The van der Waals surface area contributed by atoms with E-state index in [1.807, 2.05) is 98.0 Å². The summed E-state index contributed by atoms with van der Waals surface area (Å²) in [5.41, 5.74) is -6.03. The average Bonchev–Trinajstić information content (AvgIpc) is 3.09. The van der Waals surface area contributed by atoms with Crippen molar-refractivity contribution in [2.75, 3.05) is 31.2 Å². The third-order valence-electron chi connectivity index (χ3n) is 8.99. The molecule has 0 saturated heterocycles. The lowest BCUT2D eigenvalue weighted by Gasteiger charge is -2.41. The van der Waals surface area contributed by atoms with E-state index >= 15 is 0 Å². The van der Waals surface area contributed by atoms with E-state index in [1.54, 1.807) is 0 Å². The summed E-state index contributed by atoms with van der Waals surface area (Å²) in [6, 6.07) is 30.9. The average molecular weight is 780 g/mol. The van der Waals surface area contributed by atoms with Crippen molar-refractivity contribution in [2.45, 2.75) is 64.4 Å². The molecule has 0 unspecified atom stereocenters. The highest BCUT2D eigenvalue weighted by Crippen LogP contribution is 2.40. The summed E-state index contributed by atoms with van der Waals surface area (Å²) >= 11 is 1.45. The summed E-state index contributed by atoms with van der Waals surface area (Å²) in [6.45, 7) is 5.40. The van der Waals surface area contributed by atoms with Gasteiger partial charge in [0.15, 0.2) is 0 Å². The SMILES string of the molecule is CN(CCCC(C)(C)[Si](O)(c1ccccc1)c1ccccc1)CC[C@H](CSc1ccccc1)Nc1ccc(S(N)(=O)=O)cc1S(=O)(=O)C(F)(F)F. The second kappa shape index (κ2) is 16.7. The van der Waals surface area contributed by atoms with Crippen LogP contribution in [-0.4, -0.2) is 72.3 Å². The van der Waals surface area contributed by atoms with E-state index in [0.29, 0.717) is 31.3 Å². The second-order valence-corrected chi connectivity index (χ2v) is 21.6. The predicted octanol–water partition coefficient (Wildman–Crippen LogP) is 5.83. The first-order chi connectivity index (χ1) is 23.9. The number of anilines is 1. The van der Waals surface area contributed by atoms with Crippen molar-refractivity contribution in [3.05, 3.63) is 109 Å². The highest BCUT2D eigenvalue weighted by atomic mass is 32.2. The van der Waals surface area contributed by atoms with Crippen molar-refractivity contribution in [3.63, 3.8) is 0 Å². The molecule has 4 N–H and O–H groups in total. The normalized spacial score (nSPS) is 13.7. The monoisotopic (exact) mass is 779 g/mol. The minimum absolute atomic E-state index is 0.367. The third-order valence-corrected chi connectivity index (χ3v) is 17.2. The van der Waals surface area contributed by atoms with E-state index in [2.05, 4.69) is 24.1 Å². The van der Waals surface area contributed by atoms with Gasteiger partial charge in [-0.05, 0) is 85.1 Å². The largest absolute Gasteiger partial charge is 0.501 e. The maximum absolute atomic E-state index is 13.7. The maximum atomic E-state index is 13.7. The Morgan fingerprint density at radius 2 is 1.37 bits per heavy atom. The van der Waals surface area contributed by atoms with Gasteiger partial charge in [-0.2, -0.15) is 13.2 Å². The molecule has 0 spiro atoms. The topological polar surface area (TPSA) is 130 Å². The van der Waals surface area contributed by atoms with Gasteiger partial charge < -0.3 is 15.0 Å². The fourth-order valence-electron chi connectivity index (χ4n) is 6.04. The van der Waals surface area contributed by atoms with E-state index < -0.39 is 54.6 Å². The van der Waals surface area contributed by atoms with Crippen LogP contribution in [0.3, 0.4) is 0 Å². The quantitative estimate of drug-likeness (QED) is 0.0902. The van der Waals surface area contributed by atoms with E-state index in [0.717, 1.165) is 40.2 Å². The Labute approximate surface area is 304 Å². The Morgan fingerprint density at radius 3 is 1.88 bits per heavy atom. The molecular weight excluding hydrogens is 736 g/mol. The molecule has 0 fully saturated rings. The van der Waals surface area contributed by atoms with Gasteiger partial charge in [0.2, 0.25) is 10.0 Å². The molecule has 4 rings (SSSR count). The number of thioether (sulfide) groups is 1. The van der Waals surface area contributed by atoms with E-state index in [9.17, 15) is 34.8 Å². The fraction of sp³-hybridized carbons (Fsp3) is 0.333. The molecule has 0 bridgehead atoms. The van der Waals surface area contributed by atoms with Crippen molar-refractivity contribution in [3.8, 4) is 0 Å². The number of sulfonamides is 1. The minimum atomic E-state index is -5.93. The van der Waals surface area contributed by atoms with E-state index in [4.69, 9.17) is 5.14 Å². The molecule has 4 aromatic carbocycles. The fourth-order valence-corrected chi connectivity index (χ4v) is 12.4. The first kappa shape index (κ1) is 40.6. The molecule has 15 heteroatoms. The second-order valence-electron chi connectivity index (χ2n) is 13.1. The first-order valence-electron chi connectivity index (χ1n) is 16.3. The summed E-state index contributed by atoms with van der Waals surface area (Å²) in [5, 5.41) is 9.54. The van der Waals surface area contributed by atoms with Crippen LogP contribution in [0.5, 0.6) is 0 Å². The molecule has 0 aliphatic rings. The van der Waals surface area contributed by atoms with Crippen molar-refractivity contribution in [2.24, 2.45) is 5.14 Å². The Balaban J connectivity index is 1.51. The number of hydrogen-bond acceptors (Lipinski definition) is 8. The molecule has 0 radical (unpaired) electrons. The van der Waals surface area contributed by atoms with Gasteiger partial charge in [-0.15, -0.1) is 11.8 Å².